The minimum Gasteiger partial charge on any atom is -0.508 e. The fourth-order valence-corrected chi connectivity index (χ4v) is 1.45. The summed E-state index contributed by atoms with van der Waals surface area (Å²) in [5, 5.41) is 9.76. The van der Waals surface area contributed by atoms with Crippen LogP contribution < -0.4 is 4.74 Å². The van der Waals surface area contributed by atoms with Gasteiger partial charge < -0.3 is 9.84 Å². The van der Waals surface area contributed by atoms with E-state index in [0.717, 1.165) is 5.56 Å². The van der Waals surface area contributed by atoms with Gasteiger partial charge in [0, 0.05) is 5.56 Å². The molecule has 0 spiro atoms. The molecule has 0 fully saturated rings. The first-order valence-corrected chi connectivity index (χ1v) is 4.77. The fourth-order valence-electron chi connectivity index (χ4n) is 1.45. The highest BCUT2D eigenvalue weighted by molar-refractivity contribution is 5.80. The first-order chi connectivity index (χ1) is 6.90. The second-order valence-corrected chi connectivity index (χ2v) is 4.48. The molecule has 15 heavy (non-hydrogen) atoms. The van der Waals surface area contributed by atoms with Crippen molar-refractivity contribution < 1.29 is 14.6 Å². The number of phenolic OH excluding ortho intramolecular Hbond substituents is 1. The maximum Gasteiger partial charge on any atom is 0.153 e. The fraction of sp³-hybridized carbons (Fsp3) is 0.417. The van der Waals surface area contributed by atoms with Crippen molar-refractivity contribution in [3.8, 4) is 11.5 Å². The Hall–Kier alpha value is -1.51. The van der Waals surface area contributed by atoms with Crippen LogP contribution in [0.3, 0.4) is 0 Å². The van der Waals surface area contributed by atoms with Crippen LogP contribution in [0, 0.1) is 0 Å². The lowest BCUT2D eigenvalue weighted by Gasteiger charge is -2.21. The molecule has 0 saturated carbocycles. The van der Waals surface area contributed by atoms with Gasteiger partial charge in [0.1, 0.15) is 11.5 Å². The molecule has 0 atom stereocenters. The highest BCUT2D eigenvalue weighted by atomic mass is 16.5. The van der Waals surface area contributed by atoms with Crippen molar-refractivity contribution in [2.45, 2.75) is 26.2 Å². The molecule has 0 heterocycles. The quantitative estimate of drug-likeness (QED) is 0.759. The van der Waals surface area contributed by atoms with Gasteiger partial charge >= 0.3 is 0 Å². The minimum atomic E-state index is -0.182. The van der Waals surface area contributed by atoms with Gasteiger partial charge in [-0.1, -0.05) is 20.8 Å². The van der Waals surface area contributed by atoms with Crippen LogP contribution in [0.1, 0.15) is 36.7 Å². The number of benzene rings is 1. The van der Waals surface area contributed by atoms with E-state index in [0.29, 0.717) is 17.6 Å². The van der Waals surface area contributed by atoms with Crippen LogP contribution in [0.4, 0.5) is 0 Å². The Morgan fingerprint density at radius 3 is 2.33 bits per heavy atom. The summed E-state index contributed by atoms with van der Waals surface area (Å²) < 4.78 is 5.08. The first kappa shape index (κ1) is 11.6. The molecule has 1 aromatic rings. The molecule has 0 unspecified atom stereocenters. The summed E-state index contributed by atoms with van der Waals surface area (Å²) in [6.07, 6.45) is 0.672. The molecular formula is C12H16O3. The summed E-state index contributed by atoms with van der Waals surface area (Å²) in [6, 6.07) is 3.14. The standard InChI is InChI=1S/C12H16O3/c1-12(2,3)9-6-11(15-4)8(7-13)5-10(9)14/h5-7,14H,1-4H3. The minimum absolute atomic E-state index is 0.130. The van der Waals surface area contributed by atoms with Crippen LogP contribution >= 0.6 is 0 Å². The zero-order valence-corrected chi connectivity index (χ0v) is 9.50. The van der Waals surface area contributed by atoms with Gasteiger partial charge in [-0.25, -0.2) is 0 Å². The van der Waals surface area contributed by atoms with Crippen molar-refractivity contribution >= 4 is 6.29 Å². The zero-order chi connectivity index (χ0) is 11.6. The van der Waals surface area contributed by atoms with E-state index >= 15 is 0 Å². The molecule has 1 N–H and O–H groups in total. The Balaban J connectivity index is 3.39. The summed E-state index contributed by atoms with van der Waals surface area (Å²) in [5.74, 6) is 0.623. The van der Waals surface area contributed by atoms with E-state index in [-0.39, 0.29) is 11.2 Å². The molecule has 0 saturated heterocycles. The molecule has 0 aliphatic carbocycles. The Labute approximate surface area is 89.7 Å². The third-order valence-electron chi connectivity index (χ3n) is 2.28. The Morgan fingerprint density at radius 1 is 1.33 bits per heavy atom. The largest absolute Gasteiger partial charge is 0.508 e. The summed E-state index contributed by atoms with van der Waals surface area (Å²) in [6.45, 7) is 5.96. The van der Waals surface area contributed by atoms with Crippen molar-refractivity contribution in [3.05, 3.63) is 23.3 Å². The van der Waals surface area contributed by atoms with E-state index in [2.05, 4.69) is 0 Å². The highest BCUT2D eigenvalue weighted by Gasteiger charge is 2.20. The van der Waals surface area contributed by atoms with Crippen molar-refractivity contribution in [2.24, 2.45) is 0 Å². The average molecular weight is 208 g/mol. The third kappa shape index (κ3) is 2.29. The molecule has 82 valence electrons. The van der Waals surface area contributed by atoms with Gasteiger partial charge in [0.25, 0.3) is 0 Å². The van der Waals surface area contributed by atoms with Crippen LogP contribution in [-0.4, -0.2) is 18.5 Å². The summed E-state index contributed by atoms with van der Waals surface area (Å²) in [4.78, 5) is 10.7. The molecule has 0 aliphatic rings. The van der Waals surface area contributed by atoms with E-state index in [1.165, 1.54) is 13.2 Å². The number of phenols is 1. The van der Waals surface area contributed by atoms with Crippen LogP contribution in [0.25, 0.3) is 0 Å². The molecule has 0 radical (unpaired) electrons. The second-order valence-electron chi connectivity index (χ2n) is 4.48. The number of aromatic hydroxyl groups is 1. The average Bonchev–Trinajstić information content (AvgIpc) is 2.15. The van der Waals surface area contributed by atoms with Crippen LogP contribution in [0.2, 0.25) is 0 Å². The van der Waals surface area contributed by atoms with Crippen LogP contribution in [0.5, 0.6) is 11.5 Å². The predicted molar refractivity (Wildman–Crippen MR) is 58.7 cm³/mol. The summed E-state index contributed by atoms with van der Waals surface area (Å²) in [7, 11) is 1.51. The SMILES string of the molecule is COc1cc(C(C)(C)C)c(O)cc1C=O. The van der Waals surface area contributed by atoms with Gasteiger partial charge in [-0.3, -0.25) is 4.79 Å². The van der Waals surface area contributed by atoms with Crippen molar-refractivity contribution in [1.29, 1.82) is 0 Å². The van der Waals surface area contributed by atoms with Gasteiger partial charge in [-0.2, -0.15) is 0 Å². The summed E-state index contributed by atoms with van der Waals surface area (Å²) >= 11 is 0. The van der Waals surface area contributed by atoms with Gasteiger partial charge in [0.2, 0.25) is 0 Å². The first-order valence-electron chi connectivity index (χ1n) is 4.77. The second kappa shape index (κ2) is 3.93. The number of methoxy groups -OCH3 is 1. The predicted octanol–water partition coefficient (Wildman–Crippen LogP) is 2.51. The van der Waals surface area contributed by atoms with Gasteiger partial charge in [0.15, 0.2) is 6.29 Å². The van der Waals surface area contributed by atoms with Gasteiger partial charge in [0.05, 0.1) is 12.7 Å². The third-order valence-corrected chi connectivity index (χ3v) is 2.28. The molecule has 3 heteroatoms. The maximum absolute atomic E-state index is 10.7. The molecule has 0 amide bonds. The lowest BCUT2D eigenvalue weighted by atomic mass is 9.85. The topological polar surface area (TPSA) is 46.5 Å². The van der Waals surface area contributed by atoms with Crippen LogP contribution in [0.15, 0.2) is 12.1 Å². The monoisotopic (exact) mass is 208 g/mol. The Kier molecular flexibility index (Phi) is 3.03. The zero-order valence-electron chi connectivity index (χ0n) is 9.50. The smallest absolute Gasteiger partial charge is 0.153 e. The number of carbonyl (C=O) groups is 1. The molecule has 1 rings (SSSR count). The molecule has 0 aromatic heterocycles. The van der Waals surface area contributed by atoms with Gasteiger partial charge in [-0.15, -0.1) is 0 Å². The number of hydrogen-bond acceptors (Lipinski definition) is 3. The Morgan fingerprint density at radius 2 is 1.93 bits per heavy atom. The van der Waals surface area contributed by atoms with Crippen molar-refractivity contribution in [2.75, 3.05) is 7.11 Å². The number of carbonyl (C=O) groups excluding carboxylic acids is 1. The Bertz CT molecular complexity index is 375. The molecule has 3 nitrogen and oxygen atoms in total. The number of ether oxygens (including phenoxy) is 1. The molecular weight excluding hydrogens is 192 g/mol. The molecule has 0 bridgehead atoms. The summed E-state index contributed by atoms with van der Waals surface area (Å²) in [5.41, 5.74) is 0.951. The van der Waals surface area contributed by atoms with E-state index in [9.17, 15) is 9.90 Å². The maximum atomic E-state index is 10.7. The number of rotatable bonds is 2. The van der Waals surface area contributed by atoms with E-state index in [4.69, 9.17) is 4.74 Å². The lowest BCUT2D eigenvalue weighted by Crippen LogP contribution is -2.12. The number of aldehydes is 1. The molecule has 0 aliphatic heterocycles. The van der Waals surface area contributed by atoms with Crippen molar-refractivity contribution in [3.63, 3.8) is 0 Å². The van der Waals surface area contributed by atoms with Crippen molar-refractivity contribution in [1.82, 2.24) is 0 Å². The normalized spacial score (nSPS) is 11.2. The van der Waals surface area contributed by atoms with E-state index < -0.39 is 0 Å². The molecule has 1 aromatic carbocycles. The van der Waals surface area contributed by atoms with E-state index in [1.54, 1.807) is 6.07 Å². The van der Waals surface area contributed by atoms with Gasteiger partial charge in [-0.05, 0) is 17.5 Å². The van der Waals surface area contributed by atoms with E-state index in [1.807, 2.05) is 20.8 Å². The lowest BCUT2D eigenvalue weighted by molar-refractivity contribution is 0.112. The number of hydrogen-bond donors (Lipinski definition) is 1. The highest BCUT2D eigenvalue weighted by Crippen LogP contribution is 2.35. The van der Waals surface area contributed by atoms with Crippen LogP contribution in [-0.2, 0) is 5.41 Å².